The highest BCUT2D eigenvalue weighted by molar-refractivity contribution is 6.33. The number of benzene rings is 1. The number of carbonyl (C=O) groups excluding carboxylic acids is 3. The molecule has 0 aliphatic heterocycles. The van der Waals surface area contributed by atoms with Crippen molar-refractivity contribution < 1.29 is 23.9 Å². The van der Waals surface area contributed by atoms with E-state index >= 15 is 0 Å². The first-order valence-electron chi connectivity index (χ1n) is 9.14. The van der Waals surface area contributed by atoms with E-state index in [9.17, 15) is 14.4 Å². The number of rotatable bonds is 6. The Hall–Kier alpha value is -3.72. The van der Waals surface area contributed by atoms with E-state index in [1.807, 2.05) is 19.9 Å². The molecule has 3 aromatic rings. The number of hydrogen-bond acceptors (Lipinski definition) is 7. The Balaban J connectivity index is 1.67. The third kappa shape index (κ3) is 5.26. The number of aromatic nitrogens is 3. The van der Waals surface area contributed by atoms with Gasteiger partial charge in [0.2, 0.25) is 0 Å². The Bertz CT molecular complexity index is 1160. The van der Waals surface area contributed by atoms with Crippen molar-refractivity contribution in [1.29, 1.82) is 0 Å². The third-order valence-electron chi connectivity index (χ3n) is 4.15. The van der Waals surface area contributed by atoms with Gasteiger partial charge in [0.05, 0.1) is 23.4 Å². The molecule has 0 radical (unpaired) electrons. The van der Waals surface area contributed by atoms with Crippen LogP contribution < -0.4 is 5.32 Å². The number of hydrogen-bond donors (Lipinski definition) is 1. The smallest absolute Gasteiger partial charge is 0.359 e. The molecular formula is C21H19ClN4O5. The van der Waals surface area contributed by atoms with Crippen molar-refractivity contribution in [1.82, 2.24) is 14.8 Å². The van der Waals surface area contributed by atoms with Gasteiger partial charge >= 0.3 is 11.9 Å². The van der Waals surface area contributed by atoms with Gasteiger partial charge in [-0.3, -0.25) is 4.79 Å². The summed E-state index contributed by atoms with van der Waals surface area (Å²) in [4.78, 5) is 40.4. The lowest BCUT2D eigenvalue weighted by Gasteiger charge is -2.09. The summed E-state index contributed by atoms with van der Waals surface area (Å²) in [5.41, 5.74) is 2.12. The van der Waals surface area contributed by atoms with Crippen LogP contribution in [-0.4, -0.2) is 46.3 Å². The SMILES string of the molecule is COC(=O)c1cccc(NC(=O)COC(=O)c2nc(-n3nc(C)cc3C)ccc2Cl)c1. The Kier molecular flexibility index (Phi) is 6.66. The Labute approximate surface area is 182 Å². The zero-order valence-electron chi connectivity index (χ0n) is 17.0. The molecule has 0 bridgehead atoms. The van der Waals surface area contributed by atoms with E-state index in [0.717, 1.165) is 11.4 Å². The maximum absolute atomic E-state index is 12.4. The van der Waals surface area contributed by atoms with Crippen LogP contribution in [0.4, 0.5) is 5.69 Å². The highest BCUT2D eigenvalue weighted by Crippen LogP contribution is 2.19. The Morgan fingerprint density at radius 2 is 1.87 bits per heavy atom. The minimum Gasteiger partial charge on any atom is -0.465 e. The number of methoxy groups -OCH3 is 1. The zero-order valence-corrected chi connectivity index (χ0v) is 17.8. The first-order valence-corrected chi connectivity index (χ1v) is 9.52. The average molecular weight is 443 g/mol. The summed E-state index contributed by atoms with van der Waals surface area (Å²) >= 11 is 6.09. The Morgan fingerprint density at radius 3 is 2.55 bits per heavy atom. The predicted molar refractivity (Wildman–Crippen MR) is 113 cm³/mol. The highest BCUT2D eigenvalue weighted by Gasteiger charge is 2.18. The molecule has 0 aliphatic rings. The van der Waals surface area contributed by atoms with Crippen molar-refractivity contribution in [3.8, 4) is 5.82 Å². The van der Waals surface area contributed by atoms with Gasteiger partial charge in [0, 0.05) is 11.4 Å². The minimum absolute atomic E-state index is 0.0847. The van der Waals surface area contributed by atoms with Gasteiger partial charge in [-0.05, 0) is 50.2 Å². The van der Waals surface area contributed by atoms with E-state index in [-0.39, 0.29) is 16.3 Å². The monoisotopic (exact) mass is 442 g/mol. The van der Waals surface area contributed by atoms with Crippen LogP contribution in [0.1, 0.15) is 32.2 Å². The van der Waals surface area contributed by atoms with Crippen LogP contribution in [0, 0.1) is 13.8 Å². The largest absolute Gasteiger partial charge is 0.465 e. The highest BCUT2D eigenvalue weighted by atomic mass is 35.5. The lowest BCUT2D eigenvalue weighted by Crippen LogP contribution is -2.22. The van der Waals surface area contributed by atoms with Gasteiger partial charge in [-0.15, -0.1) is 0 Å². The van der Waals surface area contributed by atoms with E-state index < -0.39 is 24.5 Å². The molecule has 0 spiro atoms. The van der Waals surface area contributed by atoms with Crippen LogP contribution in [0.3, 0.4) is 0 Å². The number of anilines is 1. The molecule has 0 unspecified atom stereocenters. The van der Waals surface area contributed by atoms with Crippen molar-refractivity contribution in [3.05, 3.63) is 70.1 Å². The van der Waals surface area contributed by atoms with Crippen molar-refractivity contribution in [3.63, 3.8) is 0 Å². The molecule has 9 nitrogen and oxygen atoms in total. The summed E-state index contributed by atoms with van der Waals surface area (Å²) < 4.78 is 11.3. The molecule has 0 saturated heterocycles. The minimum atomic E-state index is -0.855. The second-order valence-electron chi connectivity index (χ2n) is 6.54. The number of aryl methyl sites for hydroxylation is 2. The first-order chi connectivity index (χ1) is 14.8. The van der Waals surface area contributed by atoms with Crippen LogP contribution in [-0.2, 0) is 14.3 Å². The second kappa shape index (κ2) is 9.40. The lowest BCUT2D eigenvalue weighted by atomic mass is 10.2. The number of halogens is 1. The quantitative estimate of drug-likeness (QED) is 0.583. The van der Waals surface area contributed by atoms with Crippen molar-refractivity contribution in [2.75, 3.05) is 19.0 Å². The van der Waals surface area contributed by atoms with Crippen LogP contribution in [0.25, 0.3) is 5.82 Å². The molecule has 31 heavy (non-hydrogen) atoms. The number of amides is 1. The molecule has 1 amide bonds. The van der Waals surface area contributed by atoms with Crippen molar-refractivity contribution in [2.24, 2.45) is 0 Å². The fourth-order valence-corrected chi connectivity index (χ4v) is 2.97. The van der Waals surface area contributed by atoms with Gasteiger partial charge in [-0.1, -0.05) is 17.7 Å². The molecule has 1 aromatic carbocycles. The van der Waals surface area contributed by atoms with Crippen molar-refractivity contribution in [2.45, 2.75) is 13.8 Å². The standard InChI is InChI=1S/C21H19ClN4O5/c1-12-9-13(2)26(25-12)17-8-7-16(22)19(24-17)21(29)31-11-18(27)23-15-6-4-5-14(10-15)20(28)30-3/h4-10H,11H2,1-3H3,(H,23,27). The van der Waals surface area contributed by atoms with Gasteiger partial charge in [-0.25, -0.2) is 19.3 Å². The number of esters is 2. The van der Waals surface area contributed by atoms with E-state index in [1.165, 1.54) is 19.2 Å². The number of nitrogens with one attached hydrogen (secondary N) is 1. The van der Waals surface area contributed by atoms with Crippen LogP contribution >= 0.6 is 11.6 Å². The number of pyridine rings is 1. The molecule has 0 fully saturated rings. The van der Waals surface area contributed by atoms with E-state index in [4.69, 9.17) is 16.3 Å². The van der Waals surface area contributed by atoms with Gasteiger partial charge < -0.3 is 14.8 Å². The summed E-state index contributed by atoms with van der Waals surface area (Å²) in [6, 6.07) is 11.2. The van der Waals surface area contributed by atoms with Crippen LogP contribution in [0.5, 0.6) is 0 Å². The zero-order chi connectivity index (χ0) is 22.5. The van der Waals surface area contributed by atoms with Gasteiger partial charge in [-0.2, -0.15) is 5.10 Å². The first kappa shape index (κ1) is 22.0. The number of nitrogens with zero attached hydrogens (tertiary/aromatic N) is 3. The third-order valence-corrected chi connectivity index (χ3v) is 4.46. The van der Waals surface area contributed by atoms with E-state index in [1.54, 1.807) is 28.9 Å². The van der Waals surface area contributed by atoms with Crippen LogP contribution in [0.2, 0.25) is 5.02 Å². The summed E-state index contributed by atoms with van der Waals surface area (Å²) in [5.74, 6) is -1.59. The number of carbonyl (C=O) groups is 3. The molecule has 10 heteroatoms. The normalized spacial score (nSPS) is 10.5. The summed E-state index contributed by atoms with van der Waals surface area (Å²) in [6.07, 6.45) is 0. The molecule has 1 N–H and O–H groups in total. The maximum atomic E-state index is 12.4. The van der Waals surface area contributed by atoms with Gasteiger partial charge in [0.15, 0.2) is 18.1 Å². The molecule has 2 heterocycles. The summed E-state index contributed by atoms with van der Waals surface area (Å²) in [7, 11) is 1.26. The average Bonchev–Trinajstić information content (AvgIpc) is 3.09. The maximum Gasteiger partial charge on any atom is 0.359 e. The Morgan fingerprint density at radius 1 is 1.10 bits per heavy atom. The summed E-state index contributed by atoms with van der Waals surface area (Å²) in [6.45, 7) is 3.13. The fraction of sp³-hybridized carbons (Fsp3) is 0.190. The second-order valence-corrected chi connectivity index (χ2v) is 6.94. The molecule has 3 rings (SSSR count). The van der Waals surface area contributed by atoms with Crippen LogP contribution in [0.15, 0.2) is 42.5 Å². The molecule has 0 atom stereocenters. The molecule has 0 aliphatic carbocycles. The molecule has 160 valence electrons. The molecule has 0 saturated carbocycles. The lowest BCUT2D eigenvalue weighted by molar-refractivity contribution is -0.119. The van der Waals surface area contributed by atoms with Gasteiger partial charge in [0.1, 0.15) is 0 Å². The predicted octanol–water partition coefficient (Wildman–Crippen LogP) is 3.12. The van der Waals surface area contributed by atoms with E-state index in [2.05, 4.69) is 20.1 Å². The van der Waals surface area contributed by atoms with Gasteiger partial charge in [0.25, 0.3) is 5.91 Å². The number of ether oxygens (including phenoxy) is 2. The topological polar surface area (TPSA) is 112 Å². The van der Waals surface area contributed by atoms with E-state index in [0.29, 0.717) is 11.5 Å². The molecular weight excluding hydrogens is 424 g/mol. The fourth-order valence-electron chi connectivity index (χ4n) is 2.79. The van der Waals surface area contributed by atoms with Crippen molar-refractivity contribution >= 4 is 35.1 Å². The summed E-state index contributed by atoms with van der Waals surface area (Å²) in [5, 5.41) is 6.94. The molecule has 2 aromatic heterocycles.